The number of hydrogen-bond donors (Lipinski definition) is 2. The summed E-state index contributed by atoms with van der Waals surface area (Å²) in [5.41, 5.74) is 11.1. The molecule has 96 valence electrons. The van der Waals surface area contributed by atoms with Gasteiger partial charge in [-0.25, -0.2) is 0 Å². The number of ether oxygens (including phenoxy) is 2. The topological polar surface area (TPSA) is 70.5 Å². The Bertz CT molecular complexity index is 187. The van der Waals surface area contributed by atoms with Gasteiger partial charge in [-0.2, -0.15) is 0 Å². The molecule has 0 radical (unpaired) electrons. The van der Waals surface area contributed by atoms with Gasteiger partial charge < -0.3 is 20.9 Å². The van der Waals surface area contributed by atoms with Gasteiger partial charge in [0.05, 0.1) is 10.2 Å². The summed E-state index contributed by atoms with van der Waals surface area (Å²) >= 11 is 0. The normalized spacial score (nSPS) is 28.1. The molecule has 0 amide bonds. The molecule has 2 atom stereocenters. The lowest BCUT2D eigenvalue weighted by atomic mass is 10.1. The summed E-state index contributed by atoms with van der Waals surface area (Å²) in [6.45, 7) is 2.30. The van der Waals surface area contributed by atoms with E-state index in [4.69, 9.17) is 20.9 Å². The predicted molar refractivity (Wildman–Crippen MR) is 69.3 cm³/mol. The molecule has 0 spiro atoms. The molecule has 1 aliphatic rings. The highest BCUT2D eigenvalue weighted by atomic mass is 28.1. The molecular weight excluding hydrogens is 220 g/mol. The summed E-state index contributed by atoms with van der Waals surface area (Å²) < 4.78 is 11.6. The van der Waals surface area contributed by atoms with Crippen molar-refractivity contribution < 1.29 is 9.47 Å². The van der Waals surface area contributed by atoms with Gasteiger partial charge in [0.25, 0.3) is 0 Å². The SMILES string of the molecule is NCCC(N)CCCOC1([SiH3])CCCCO1. The number of nitrogens with two attached hydrogens (primary N) is 2. The van der Waals surface area contributed by atoms with Crippen LogP contribution in [-0.2, 0) is 9.47 Å². The molecule has 2 unspecified atom stereocenters. The van der Waals surface area contributed by atoms with Crippen LogP contribution in [0, 0.1) is 0 Å². The van der Waals surface area contributed by atoms with E-state index < -0.39 is 0 Å². The minimum atomic E-state index is -0.212. The van der Waals surface area contributed by atoms with Gasteiger partial charge in [-0.05, 0) is 45.1 Å². The van der Waals surface area contributed by atoms with Crippen LogP contribution in [-0.4, -0.2) is 41.5 Å². The minimum Gasteiger partial charge on any atom is -0.355 e. The van der Waals surface area contributed by atoms with Crippen molar-refractivity contribution in [2.75, 3.05) is 19.8 Å². The molecule has 0 aromatic carbocycles. The van der Waals surface area contributed by atoms with Crippen molar-refractivity contribution in [3.63, 3.8) is 0 Å². The maximum Gasteiger partial charge on any atom is 0.141 e. The third-order valence-electron chi connectivity index (χ3n) is 3.10. The van der Waals surface area contributed by atoms with E-state index in [2.05, 4.69) is 0 Å². The highest BCUT2D eigenvalue weighted by Crippen LogP contribution is 2.23. The van der Waals surface area contributed by atoms with Crippen LogP contribution < -0.4 is 11.5 Å². The van der Waals surface area contributed by atoms with Crippen LogP contribution in [0.2, 0.25) is 0 Å². The zero-order valence-corrected chi connectivity index (χ0v) is 12.4. The van der Waals surface area contributed by atoms with Gasteiger partial charge in [0.1, 0.15) is 5.41 Å². The Labute approximate surface area is 101 Å². The van der Waals surface area contributed by atoms with E-state index in [0.717, 1.165) is 49.1 Å². The van der Waals surface area contributed by atoms with E-state index in [9.17, 15) is 0 Å². The first-order chi connectivity index (χ1) is 7.66. The molecule has 1 fully saturated rings. The molecule has 0 aromatic rings. The molecular formula is C11H26N2O2Si. The van der Waals surface area contributed by atoms with Crippen LogP contribution in [0.4, 0.5) is 0 Å². The highest BCUT2D eigenvalue weighted by Gasteiger charge is 2.27. The van der Waals surface area contributed by atoms with Crippen molar-refractivity contribution in [2.45, 2.75) is 50.0 Å². The second kappa shape index (κ2) is 7.40. The molecule has 0 aliphatic carbocycles. The summed E-state index contributed by atoms with van der Waals surface area (Å²) in [6, 6.07) is 0.228. The number of hydrogen-bond acceptors (Lipinski definition) is 4. The summed E-state index contributed by atoms with van der Waals surface area (Å²) in [7, 11) is 0.949. The first-order valence-corrected chi connectivity index (χ1v) is 7.40. The zero-order valence-electron chi connectivity index (χ0n) is 10.4. The fraction of sp³-hybridized carbons (Fsp3) is 1.00. The monoisotopic (exact) mass is 246 g/mol. The smallest absolute Gasteiger partial charge is 0.141 e. The van der Waals surface area contributed by atoms with E-state index in [0.29, 0.717) is 6.54 Å². The molecule has 1 saturated heterocycles. The number of rotatable bonds is 7. The van der Waals surface area contributed by atoms with Crippen molar-refractivity contribution in [3.8, 4) is 0 Å². The average molecular weight is 246 g/mol. The maximum atomic E-state index is 5.88. The molecule has 4 nitrogen and oxygen atoms in total. The van der Waals surface area contributed by atoms with Crippen molar-refractivity contribution in [1.29, 1.82) is 0 Å². The third-order valence-corrected chi connectivity index (χ3v) is 4.17. The molecule has 0 saturated carbocycles. The summed E-state index contributed by atoms with van der Waals surface area (Å²) in [5, 5.41) is 0. The van der Waals surface area contributed by atoms with Crippen LogP contribution >= 0.6 is 0 Å². The van der Waals surface area contributed by atoms with E-state index in [-0.39, 0.29) is 11.5 Å². The van der Waals surface area contributed by atoms with Gasteiger partial charge in [0, 0.05) is 19.3 Å². The third kappa shape index (κ3) is 5.40. The quantitative estimate of drug-likeness (QED) is 0.477. The van der Waals surface area contributed by atoms with Crippen LogP contribution in [0.15, 0.2) is 0 Å². The summed E-state index contributed by atoms with van der Waals surface area (Å²) in [5.74, 6) is 0. The fourth-order valence-corrected chi connectivity index (χ4v) is 2.78. The molecule has 0 aromatic heterocycles. The van der Waals surface area contributed by atoms with Crippen molar-refractivity contribution in [1.82, 2.24) is 0 Å². The molecule has 1 heterocycles. The lowest BCUT2D eigenvalue weighted by Gasteiger charge is -2.34. The Hall–Kier alpha value is 0.0569. The Morgan fingerprint density at radius 1 is 1.38 bits per heavy atom. The fourth-order valence-electron chi connectivity index (χ4n) is 2.01. The van der Waals surface area contributed by atoms with E-state index >= 15 is 0 Å². The lowest BCUT2D eigenvalue weighted by Crippen LogP contribution is -2.40. The van der Waals surface area contributed by atoms with Crippen molar-refractivity contribution in [2.24, 2.45) is 11.5 Å². The van der Waals surface area contributed by atoms with Crippen molar-refractivity contribution >= 4 is 10.2 Å². The van der Waals surface area contributed by atoms with Gasteiger partial charge in [-0.3, -0.25) is 0 Å². The van der Waals surface area contributed by atoms with Crippen LogP contribution in [0.3, 0.4) is 0 Å². The van der Waals surface area contributed by atoms with Crippen molar-refractivity contribution in [3.05, 3.63) is 0 Å². The maximum absolute atomic E-state index is 5.88. The zero-order chi connectivity index (χ0) is 11.9. The highest BCUT2D eigenvalue weighted by molar-refractivity contribution is 6.13. The van der Waals surface area contributed by atoms with Gasteiger partial charge in [-0.1, -0.05) is 0 Å². The minimum absolute atomic E-state index is 0.212. The van der Waals surface area contributed by atoms with E-state index in [1.54, 1.807) is 0 Å². The second-order valence-electron chi connectivity index (χ2n) is 4.77. The Balaban J connectivity index is 2.05. The van der Waals surface area contributed by atoms with Crippen LogP contribution in [0.5, 0.6) is 0 Å². The lowest BCUT2D eigenvalue weighted by molar-refractivity contribution is -0.198. The summed E-state index contributed by atoms with van der Waals surface area (Å²) in [4.78, 5) is 0. The second-order valence-corrected chi connectivity index (χ2v) is 6.29. The largest absolute Gasteiger partial charge is 0.355 e. The van der Waals surface area contributed by atoms with Gasteiger partial charge in [0.15, 0.2) is 0 Å². The molecule has 5 heteroatoms. The van der Waals surface area contributed by atoms with E-state index in [1.807, 2.05) is 0 Å². The Kier molecular flexibility index (Phi) is 6.53. The molecule has 4 N–H and O–H groups in total. The first-order valence-electron chi connectivity index (χ1n) is 6.40. The Morgan fingerprint density at radius 2 is 2.19 bits per heavy atom. The molecule has 0 bridgehead atoms. The molecule has 1 rings (SSSR count). The van der Waals surface area contributed by atoms with Crippen LogP contribution in [0.25, 0.3) is 0 Å². The Morgan fingerprint density at radius 3 is 2.81 bits per heavy atom. The van der Waals surface area contributed by atoms with Crippen LogP contribution in [0.1, 0.15) is 38.5 Å². The van der Waals surface area contributed by atoms with E-state index in [1.165, 1.54) is 12.8 Å². The van der Waals surface area contributed by atoms with Gasteiger partial charge in [-0.15, -0.1) is 0 Å². The first kappa shape index (κ1) is 14.1. The predicted octanol–water partition coefficient (Wildman–Crippen LogP) is -0.321. The van der Waals surface area contributed by atoms with Gasteiger partial charge in [0.2, 0.25) is 0 Å². The average Bonchev–Trinajstić information content (AvgIpc) is 2.26. The van der Waals surface area contributed by atoms with Gasteiger partial charge >= 0.3 is 0 Å². The standard InChI is InChI=1S/C11H26N2O2Si/c12-7-5-10(13)4-3-9-15-11(16)6-1-2-8-14-11/h10H,1-9,12-13H2,16H3. The molecule has 16 heavy (non-hydrogen) atoms. The molecule has 1 aliphatic heterocycles. The summed E-state index contributed by atoms with van der Waals surface area (Å²) in [6.07, 6.45) is 6.38.